The number of fused-ring (bicyclic) bond motifs is 1. The first-order chi connectivity index (χ1) is 45.5. The van der Waals surface area contributed by atoms with Crippen molar-refractivity contribution in [1.29, 1.82) is 0 Å². The molecule has 9 rings (SSSR count). The summed E-state index contributed by atoms with van der Waals surface area (Å²) < 4.78 is 69.1. The van der Waals surface area contributed by atoms with Crippen LogP contribution in [0.25, 0.3) is 0 Å². The van der Waals surface area contributed by atoms with E-state index in [1.807, 2.05) is 0 Å². The van der Waals surface area contributed by atoms with Crippen molar-refractivity contribution in [1.82, 2.24) is 0 Å². The summed E-state index contributed by atoms with van der Waals surface area (Å²) in [7, 11) is 0. The number of hydrogen-bond acceptors (Lipinski definition) is 35. The van der Waals surface area contributed by atoms with Gasteiger partial charge in [-0.3, -0.25) is 9.59 Å². The van der Waals surface area contributed by atoms with Gasteiger partial charge < -0.3 is 159 Å². The number of ether oxygens (including phenoxy) is 12. The number of carbonyl (C=O) groups excluding carboxylic acids is 3. The number of aliphatic hydroxyl groups is 19. The zero-order chi connectivity index (χ0) is 69.7. The number of carbonyl (C=O) groups is 4. The summed E-state index contributed by atoms with van der Waals surface area (Å²) in [6.07, 6.45) is -43.8. The average Bonchev–Trinajstić information content (AvgIpc) is 0.771. The second kappa shape index (κ2) is 33.8. The number of allylic oxidation sites excluding steroid dienone is 2. The fraction of sp³-hybridized carbons (Fsp3) is 0.867. The Bertz CT molecular complexity index is 2570. The predicted octanol–water partition coefficient (Wildman–Crippen LogP) is -9.29. The van der Waals surface area contributed by atoms with E-state index in [9.17, 15) is 116 Å². The molecule has 5 aliphatic heterocycles. The zero-order valence-corrected chi connectivity index (χ0v) is 51.9. The molecule has 548 valence electrons. The summed E-state index contributed by atoms with van der Waals surface area (Å²) in [5, 5.41) is 212. The first-order valence-electron chi connectivity index (χ1n) is 32.3. The van der Waals surface area contributed by atoms with E-state index in [1.54, 1.807) is 0 Å². The van der Waals surface area contributed by atoms with Crippen LogP contribution in [0, 0.1) is 23.7 Å². The maximum absolute atomic E-state index is 13.2. The van der Waals surface area contributed by atoms with Crippen molar-refractivity contribution >= 4 is 23.9 Å². The van der Waals surface area contributed by atoms with E-state index in [0.717, 1.165) is 12.2 Å². The molecule has 0 aromatic rings. The third kappa shape index (κ3) is 18.5. The van der Waals surface area contributed by atoms with Crippen LogP contribution in [-0.2, 0) is 76.0 Å². The van der Waals surface area contributed by atoms with Gasteiger partial charge >= 0.3 is 23.9 Å². The van der Waals surface area contributed by atoms with Crippen LogP contribution < -0.4 is 0 Å². The van der Waals surface area contributed by atoms with Crippen molar-refractivity contribution < 1.29 is 178 Å². The van der Waals surface area contributed by atoms with Gasteiger partial charge in [-0.15, -0.1) is 0 Å². The maximum Gasteiger partial charge on any atom is 0.330 e. The highest BCUT2D eigenvalue weighted by molar-refractivity contribution is 5.90. The van der Waals surface area contributed by atoms with Crippen molar-refractivity contribution in [2.45, 2.75) is 273 Å². The summed E-state index contributed by atoms with van der Waals surface area (Å²) in [6, 6.07) is 0. The second-order valence-electron chi connectivity index (χ2n) is 26.5. The van der Waals surface area contributed by atoms with Gasteiger partial charge in [0.2, 0.25) is 0 Å². The van der Waals surface area contributed by atoms with Gasteiger partial charge in [0.05, 0.1) is 73.8 Å². The van der Waals surface area contributed by atoms with E-state index >= 15 is 0 Å². The molecule has 4 aliphatic carbocycles. The lowest BCUT2D eigenvalue weighted by Crippen LogP contribution is -2.63. The van der Waals surface area contributed by atoms with E-state index in [-0.39, 0.29) is 70.1 Å². The smallest absolute Gasteiger partial charge is 0.330 e. The van der Waals surface area contributed by atoms with Gasteiger partial charge in [-0.1, -0.05) is 12.2 Å². The Morgan fingerprint density at radius 2 is 0.781 bits per heavy atom. The van der Waals surface area contributed by atoms with Gasteiger partial charge in [0.25, 0.3) is 0 Å². The van der Waals surface area contributed by atoms with E-state index in [0.29, 0.717) is 6.42 Å². The fourth-order valence-electron chi connectivity index (χ4n) is 14.1. The summed E-state index contributed by atoms with van der Waals surface area (Å²) >= 11 is 0. The molecule has 36 heteroatoms. The number of aliphatic carboxylic acids is 1. The maximum atomic E-state index is 13.2. The highest BCUT2D eigenvalue weighted by atomic mass is 16.7. The lowest BCUT2D eigenvalue weighted by Gasteiger charge is -2.52. The normalized spacial score (nSPS) is 48.0. The second-order valence-corrected chi connectivity index (χ2v) is 26.5. The molecule has 5 saturated heterocycles. The van der Waals surface area contributed by atoms with E-state index in [2.05, 4.69) is 0 Å². The van der Waals surface area contributed by atoms with Crippen LogP contribution in [0.15, 0.2) is 24.3 Å². The quantitative estimate of drug-likeness (QED) is 0.0207. The molecule has 34 atom stereocenters. The fourth-order valence-corrected chi connectivity index (χ4v) is 14.1. The van der Waals surface area contributed by atoms with Gasteiger partial charge in [0.15, 0.2) is 25.2 Å². The van der Waals surface area contributed by atoms with Gasteiger partial charge in [-0.25, -0.2) is 9.59 Å². The average molecular weight is 1390 g/mol. The topological polar surface area (TPSA) is 584 Å². The third-order valence-corrected chi connectivity index (χ3v) is 19.7. The number of carboxylic acid groups (broad SMARTS) is 1. The van der Waals surface area contributed by atoms with Crippen molar-refractivity contribution in [3.8, 4) is 0 Å². The van der Waals surface area contributed by atoms with Crippen molar-refractivity contribution in [3.63, 3.8) is 0 Å². The van der Waals surface area contributed by atoms with Crippen molar-refractivity contribution in [2.24, 2.45) is 23.7 Å². The lowest BCUT2D eigenvalue weighted by atomic mass is 9.72. The molecule has 0 amide bonds. The van der Waals surface area contributed by atoms with E-state index in [4.69, 9.17) is 61.9 Å². The van der Waals surface area contributed by atoms with Gasteiger partial charge in [-0.2, -0.15) is 0 Å². The third-order valence-electron chi connectivity index (χ3n) is 19.7. The van der Waals surface area contributed by atoms with Crippen LogP contribution in [0.4, 0.5) is 0 Å². The monoisotopic (exact) mass is 1390 g/mol. The van der Waals surface area contributed by atoms with E-state index in [1.165, 1.54) is 12.2 Å². The molecule has 96 heavy (non-hydrogen) atoms. The molecule has 36 nitrogen and oxygen atoms in total. The molecule has 5 heterocycles. The number of hydrogen-bond donors (Lipinski definition) is 20. The summed E-state index contributed by atoms with van der Waals surface area (Å²) in [5.74, 6) is -6.96. The summed E-state index contributed by atoms with van der Waals surface area (Å²) in [4.78, 5) is 49.0. The largest absolute Gasteiger partial charge is 0.481 e. The molecular weight excluding hydrogens is 1300 g/mol. The Hall–Kier alpha value is -3.76. The molecule has 9 fully saturated rings. The van der Waals surface area contributed by atoms with Gasteiger partial charge in [0.1, 0.15) is 130 Å². The van der Waals surface area contributed by atoms with Crippen LogP contribution in [0.3, 0.4) is 0 Å². The summed E-state index contributed by atoms with van der Waals surface area (Å²) in [5.41, 5.74) is 0. The number of rotatable bonds is 22. The Labute approximate surface area is 548 Å². The Kier molecular flexibility index (Phi) is 26.9. The van der Waals surface area contributed by atoms with Crippen LogP contribution in [-0.4, -0.2) is 349 Å². The number of aliphatic hydroxyl groups excluding tert-OH is 19. The molecule has 0 spiro atoms. The predicted molar refractivity (Wildman–Crippen MR) is 306 cm³/mol. The molecule has 0 bridgehead atoms. The zero-order valence-electron chi connectivity index (χ0n) is 51.9. The highest BCUT2D eigenvalue weighted by Crippen LogP contribution is 2.46. The minimum Gasteiger partial charge on any atom is -0.481 e. The van der Waals surface area contributed by atoms with Crippen LogP contribution in [0.2, 0.25) is 0 Å². The summed E-state index contributed by atoms with van der Waals surface area (Å²) in [6.45, 7) is -2.78. The van der Waals surface area contributed by atoms with E-state index < -0.39 is 271 Å². The molecule has 0 radical (unpaired) electrons. The minimum atomic E-state index is -1.98. The molecule has 34 unspecified atom stereocenters. The Balaban J connectivity index is 0.751. The first-order valence-corrected chi connectivity index (χ1v) is 32.3. The van der Waals surface area contributed by atoms with Crippen LogP contribution >= 0.6 is 0 Å². The molecule has 0 aromatic heterocycles. The lowest BCUT2D eigenvalue weighted by molar-refractivity contribution is -0.345. The molecule has 20 N–H and O–H groups in total. The molecule has 0 aromatic carbocycles. The molecule has 9 aliphatic rings. The Morgan fingerprint density at radius 1 is 0.385 bits per heavy atom. The first kappa shape index (κ1) is 76.4. The molecular formula is C60H92O36. The van der Waals surface area contributed by atoms with Gasteiger partial charge in [0, 0.05) is 24.5 Å². The molecule has 4 saturated carbocycles. The van der Waals surface area contributed by atoms with Crippen molar-refractivity contribution in [3.05, 3.63) is 24.3 Å². The highest BCUT2D eigenvalue weighted by Gasteiger charge is 2.56. The number of carboxylic acids is 1. The van der Waals surface area contributed by atoms with Gasteiger partial charge in [-0.05, 0) is 82.0 Å². The standard InChI is InChI=1S/C60H92O36/c61-17-35-44(73)48(77)52(81)57(93-35)89-30-5-1-21(9-26(30)63)3-7-40(69)85-18-36-45(74)49(78)53(82)58(94-36)90-31-6-2-22(10-27(31)64)4-8-41(70)86-19-37-46(75)51(80)55(84)60(96-37)92-34-15-25-32(88-56(34)23-11-28(65)43(72)29(66)12-23)13-24(62)14-33(25)91-59-54(83)50(79)47(76)38(95-59)20-87-42(71)16-39(67)68/h3-4,7-8,21-38,43-66,72-84H,1-2,5-6,9-20H2,(H,67,68). The number of esters is 3. The van der Waals surface area contributed by atoms with Crippen molar-refractivity contribution in [2.75, 3.05) is 26.4 Å². The SMILES string of the molecule is O=C(O)CC(=O)OCC1OC(OC2CC(O)CC3OC(C4CC(O)C(O)C(O)C4)C(OC4OC(COC(=O)C=CC5CCC(OC6OC(COC(=O)C=CC7CCC(OC8OC(CO)C(O)C(O)C8O)C(O)C7)C(O)C(O)C6O)C(O)C5)C(O)C(O)C4O)CC23)C(O)C(O)C1O. The Morgan fingerprint density at radius 3 is 1.20 bits per heavy atom. The van der Waals surface area contributed by atoms with Crippen LogP contribution in [0.5, 0.6) is 0 Å². The minimum absolute atomic E-state index is 0.00612. The van der Waals surface area contributed by atoms with Crippen LogP contribution in [0.1, 0.15) is 77.0 Å².